The van der Waals surface area contributed by atoms with Crippen molar-refractivity contribution in [2.24, 2.45) is 0 Å². The van der Waals surface area contributed by atoms with E-state index in [2.05, 4.69) is 91.0 Å². The van der Waals surface area contributed by atoms with Gasteiger partial charge in [-0.25, -0.2) is 0 Å². The van der Waals surface area contributed by atoms with Crippen LogP contribution in [0.15, 0.2) is 102 Å². The molecule has 0 atom stereocenters. The smallest absolute Gasteiger partial charge is 0.00582 e. The topological polar surface area (TPSA) is 0 Å². The molecule has 28 heavy (non-hydrogen) atoms. The molecule has 3 aromatic carbocycles. The standard InChI is InChI=1S/C27H25P/c1-28(23-17-9-4-10-18-23)26(21-13-5-2-6-14-21)24-19-11-12-20-25(24)27(28)22-15-7-3-8-16-22/h2-10,13-18H,1,11-12,19-20H2. The summed E-state index contributed by atoms with van der Waals surface area (Å²) in [6.45, 7) is -1.93. The molecule has 0 radical (unpaired) electrons. The summed E-state index contributed by atoms with van der Waals surface area (Å²) in [6.07, 6.45) is 10.0. The highest BCUT2D eigenvalue weighted by Crippen LogP contribution is 2.74. The Bertz CT molecular complexity index is 1030. The van der Waals surface area contributed by atoms with Crippen molar-refractivity contribution in [3.8, 4) is 0 Å². The molecule has 138 valence electrons. The van der Waals surface area contributed by atoms with Crippen LogP contribution in [-0.2, 0) is 0 Å². The van der Waals surface area contributed by atoms with Gasteiger partial charge < -0.3 is 0 Å². The SMILES string of the molecule is C=P1(c2ccccc2)C(c2ccccc2)=C2CCCCC2=C1c1ccccc1. The van der Waals surface area contributed by atoms with Gasteiger partial charge in [-0.1, -0.05) is 97.3 Å². The number of hydrogen-bond donors (Lipinski definition) is 0. The average molecular weight is 380 g/mol. The van der Waals surface area contributed by atoms with Gasteiger partial charge in [0.25, 0.3) is 0 Å². The second-order valence-corrected chi connectivity index (χ2v) is 10.8. The lowest BCUT2D eigenvalue weighted by atomic mass is 9.87. The largest absolute Gasteiger partial charge is 0.0886 e. The molecular formula is C27H25P. The molecule has 1 aliphatic carbocycles. The lowest BCUT2D eigenvalue weighted by Crippen LogP contribution is -2.06. The second-order valence-electron chi connectivity index (χ2n) is 7.74. The lowest BCUT2D eigenvalue weighted by Gasteiger charge is -2.29. The lowest BCUT2D eigenvalue weighted by molar-refractivity contribution is 0.685. The van der Waals surface area contributed by atoms with Gasteiger partial charge >= 0.3 is 0 Å². The molecule has 1 saturated carbocycles. The molecule has 1 fully saturated rings. The minimum absolute atomic E-state index is 1.18. The normalized spacial score (nSPS) is 18.3. The van der Waals surface area contributed by atoms with Gasteiger partial charge in [0.1, 0.15) is 0 Å². The maximum absolute atomic E-state index is 5.07. The van der Waals surface area contributed by atoms with E-state index in [0.717, 1.165) is 0 Å². The number of fused-ring (bicyclic) bond motifs is 1. The van der Waals surface area contributed by atoms with Crippen molar-refractivity contribution in [3.05, 3.63) is 113 Å². The fourth-order valence-corrected chi connectivity index (χ4v) is 8.94. The predicted molar refractivity (Wildman–Crippen MR) is 125 cm³/mol. The zero-order chi connectivity index (χ0) is 19.0. The van der Waals surface area contributed by atoms with Crippen molar-refractivity contribution >= 4 is 29.1 Å². The zero-order valence-corrected chi connectivity index (χ0v) is 17.0. The van der Waals surface area contributed by atoms with Gasteiger partial charge in [0.05, 0.1) is 0 Å². The summed E-state index contributed by atoms with van der Waals surface area (Å²) in [5.41, 5.74) is 5.89. The highest BCUT2D eigenvalue weighted by atomic mass is 31.2. The summed E-state index contributed by atoms with van der Waals surface area (Å²) in [6, 6.07) is 33.1. The van der Waals surface area contributed by atoms with Crippen molar-refractivity contribution in [1.82, 2.24) is 0 Å². The Morgan fingerprint density at radius 2 is 0.929 bits per heavy atom. The highest BCUT2D eigenvalue weighted by Gasteiger charge is 2.40. The quantitative estimate of drug-likeness (QED) is 0.423. The molecule has 0 saturated heterocycles. The fourth-order valence-electron chi connectivity index (χ4n) is 4.92. The minimum atomic E-state index is -1.93. The first-order valence-corrected chi connectivity index (χ1v) is 12.2. The van der Waals surface area contributed by atoms with Gasteiger partial charge in [-0.2, -0.15) is 0 Å². The molecular weight excluding hydrogens is 355 g/mol. The number of rotatable bonds is 3. The first kappa shape index (κ1) is 17.5. The van der Waals surface area contributed by atoms with E-state index in [9.17, 15) is 0 Å². The Hall–Kier alpha value is -2.56. The van der Waals surface area contributed by atoms with Crippen molar-refractivity contribution in [3.63, 3.8) is 0 Å². The summed E-state index contributed by atoms with van der Waals surface area (Å²) in [7, 11) is 0. The van der Waals surface area contributed by atoms with Crippen LogP contribution in [0.25, 0.3) is 10.6 Å². The fraction of sp³-hybridized carbons (Fsp3) is 0.148. The van der Waals surface area contributed by atoms with E-state index in [-0.39, 0.29) is 0 Å². The second kappa shape index (κ2) is 7.12. The van der Waals surface area contributed by atoms with Crippen LogP contribution >= 0.6 is 6.89 Å². The van der Waals surface area contributed by atoms with Gasteiger partial charge in [-0.3, -0.25) is 0 Å². The maximum atomic E-state index is 5.07. The molecule has 0 unspecified atom stereocenters. The molecule has 0 bridgehead atoms. The van der Waals surface area contributed by atoms with Crippen LogP contribution in [-0.4, -0.2) is 6.30 Å². The van der Waals surface area contributed by atoms with E-state index in [0.29, 0.717) is 0 Å². The van der Waals surface area contributed by atoms with Crippen LogP contribution in [0.2, 0.25) is 0 Å². The maximum Gasteiger partial charge on any atom is -0.00582 e. The van der Waals surface area contributed by atoms with Crippen LogP contribution in [0.1, 0.15) is 36.8 Å². The third-order valence-corrected chi connectivity index (χ3v) is 9.86. The highest BCUT2D eigenvalue weighted by molar-refractivity contribution is 7.98. The van der Waals surface area contributed by atoms with E-state index in [1.807, 2.05) is 0 Å². The van der Waals surface area contributed by atoms with Crippen LogP contribution in [0.5, 0.6) is 0 Å². The van der Waals surface area contributed by atoms with Gasteiger partial charge in [-0.15, -0.1) is 0 Å². The van der Waals surface area contributed by atoms with Gasteiger partial charge in [0, 0.05) is 0 Å². The van der Waals surface area contributed by atoms with E-state index in [4.69, 9.17) is 6.30 Å². The molecule has 1 heteroatoms. The Morgan fingerprint density at radius 1 is 0.536 bits per heavy atom. The van der Waals surface area contributed by atoms with Crippen molar-refractivity contribution < 1.29 is 0 Å². The van der Waals surface area contributed by atoms with E-state index >= 15 is 0 Å². The van der Waals surface area contributed by atoms with Crippen LogP contribution in [0.3, 0.4) is 0 Å². The number of benzene rings is 3. The third-order valence-electron chi connectivity index (χ3n) is 6.09. The van der Waals surface area contributed by atoms with Crippen molar-refractivity contribution in [2.75, 3.05) is 0 Å². The summed E-state index contributed by atoms with van der Waals surface area (Å²) in [5, 5.41) is 4.43. The first-order valence-electron chi connectivity index (χ1n) is 10.2. The summed E-state index contributed by atoms with van der Waals surface area (Å²) in [5.74, 6) is 0. The Morgan fingerprint density at radius 3 is 1.36 bits per heavy atom. The monoisotopic (exact) mass is 380 g/mol. The zero-order valence-electron chi connectivity index (χ0n) is 16.1. The molecule has 0 spiro atoms. The van der Waals surface area contributed by atoms with Gasteiger partial charge in [-0.05, 0) is 70.8 Å². The molecule has 2 aliphatic rings. The molecule has 1 heterocycles. The first-order chi connectivity index (χ1) is 13.8. The van der Waals surface area contributed by atoms with Crippen molar-refractivity contribution in [2.45, 2.75) is 25.7 Å². The summed E-state index contributed by atoms with van der Waals surface area (Å²) < 4.78 is 0. The Balaban J connectivity index is 1.86. The third kappa shape index (κ3) is 2.67. The Kier molecular flexibility index (Phi) is 4.46. The summed E-state index contributed by atoms with van der Waals surface area (Å²) >= 11 is 0. The molecule has 0 amide bonds. The molecule has 0 aromatic heterocycles. The predicted octanol–water partition coefficient (Wildman–Crippen LogP) is 7.17. The van der Waals surface area contributed by atoms with Gasteiger partial charge in [0.2, 0.25) is 0 Å². The number of allylic oxidation sites excluding steroid dienone is 2. The molecule has 3 aromatic rings. The van der Waals surface area contributed by atoms with Gasteiger partial charge in [0.15, 0.2) is 0 Å². The average Bonchev–Trinajstić information content (AvgIpc) is 3.05. The van der Waals surface area contributed by atoms with Crippen LogP contribution in [0, 0.1) is 0 Å². The molecule has 5 rings (SSSR count). The molecule has 0 N–H and O–H groups in total. The van der Waals surface area contributed by atoms with E-state index < -0.39 is 6.89 Å². The van der Waals surface area contributed by atoms with Crippen molar-refractivity contribution in [1.29, 1.82) is 0 Å². The van der Waals surface area contributed by atoms with Crippen LogP contribution < -0.4 is 5.30 Å². The summed E-state index contributed by atoms with van der Waals surface area (Å²) in [4.78, 5) is 0. The Labute approximate surface area is 168 Å². The number of hydrogen-bond acceptors (Lipinski definition) is 0. The van der Waals surface area contributed by atoms with E-state index in [1.165, 1.54) is 52.7 Å². The van der Waals surface area contributed by atoms with E-state index in [1.54, 1.807) is 11.1 Å². The minimum Gasteiger partial charge on any atom is -0.0886 e. The van der Waals surface area contributed by atoms with Crippen LogP contribution in [0.4, 0.5) is 0 Å². The molecule has 0 nitrogen and oxygen atoms in total. The molecule has 1 aliphatic heterocycles.